The largest absolute Gasteiger partial charge is 0.397 e. The second kappa shape index (κ2) is 19.9. The Labute approximate surface area is 381 Å². The standard InChI is InChI=1S/C44H32.C12H12N2.3C2H6/c1-27-16-21-35-37(22-27)43(33-20-18-29-11-5-7-13-31(29)24-33)39-26-41-36(34-14-8-9-15-40(34)44(41,2)3)25-38(39)42(35)32-19-17-28-10-4-6-12-30(28)23-32;13-11-8-4-5-9-12(11)14-10-6-2-1-3-7-10;3*1-2/h4-26H,1-3H3;1-9,14H,13H2;3*1-2H3. The predicted molar refractivity (Wildman–Crippen MR) is 284 cm³/mol. The lowest BCUT2D eigenvalue weighted by Crippen LogP contribution is -2.14. The van der Waals surface area contributed by atoms with Crippen LogP contribution >= 0.6 is 0 Å². The van der Waals surface area contributed by atoms with Gasteiger partial charge in [-0.05, 0) is 143 Å². The Morgan fingerprint density at radius 3 is 1.52 bits per heavy atom. The van der Waals surface area contributed by atoms with Gasteiger partial charge in [-0.1, -0.05) is 207 Å². The van der Waals surface area contributed by atoms with Crippen LogP contribution in [0.2, 0.25) is 0 Å². The molecule has 0 saturated carbocycles. The predicted octanol–water partition coefficient (Wildman–Crippen LogP) is 18.3. The number of nitrogens with one attached hydrogen (secondary N) is 1. The molecule has 0 saturated heterocycles. The van der Waals surface area contributed by atoms with E-state index < -0.39 is 0 Å². The second-order valence-corrected chi connectivity index (χ2v) is 16.1. The van der Waals surface area contributed by atoms with Gasteiger partial charge in [-0.15, -0.1) is 0 Å². The Balaban J connectivity index is 0.000000258. The molecule has 0 aliphatic heterocycles. The third kappa shape index (κ3) is 8.61. The summed E-state index contributed by atoms with van der Waals surface area (Å²) in [7, 11) is 0. The smallest absolute Gasteiger partial charge is 0.0617 e. The minimum Gasteiger partial charge on any atom is -0.397 e. The molecule has 0 fully saturated rings. The van der Waals surface area contributed by atoms with Crippen LogP contribution in [0.1, 0.15) is 72.1 Å². The van der Waals surface area contributed by atoms with Crippen molar-refractivity contribution in [1.29, 1.82) is 0 Å². The van der Waals surface area contributed by atoms with Gasteiger partial charge in [-0.2, -0.15) is 0 Å². The molecule has 11 rings (SSSR count). The molecular weight excluding hydrogens is 773 g/mol. The van der Waals surface area contributed by atoms with Crippen molar-refractivity contribution in [3.63, 3.8) is 0 Å². The number of nitrogen functional groups attached to an aromatic ring is 1. The second-order valence-electron chi connectivity index (χ2n) is 16.1. The third-order valence-electron chi connectivity index (χ3n) is 12.1. The molecule has 0 heterocycles. The van der Waals surface area contributed by atoms with Gasteiger partial charge < -0.3 is 11.1 Å². The number of hydrogen-bond acceptors (Lipinski definition) is 2. The Bertz CT molecular complexity index is 3190. The Morgan fingerprint density at radius 1 is 0.391 bits per heavy atom. The fourth-order valence-corrected chi connectivity index (χ4v) is 9.13. The highest BCUT2D eigenvalue weighted by Crippen LogP contribution is 2.53. The molecule has 0 atom stereocenters. The fraction of sp³-hybridized carbons (Fsp3) is 0.161. The normalized spacial score (nSPS) is 11.7. The monoisotopic (exact) mass is 834 g/mol. The summed E-state index contributed by atoms with van der Waals surface area (Å²) in [6.45, 7) is 19.0. The van der Waals surface area contributed by atoms with E-state index in [-0.39, 0.29) is 5.41 Å². The van der Waals surface area contributed by atoms with Crippen LogP contribution in [-0.4, -0.2) is 0 Å². The van der Waals surface area contributed by atoms with E-state index in [4.69, 9.17) is 5.73 Å². The lowest BCUT2D eigenvalue weighted by molar-refractivity contribution is 0.661. The highest BCUT2D eigenvalue weighted by atomic mass is 14.9. The molecule has 10 aromatic carbocycles. The van der Waals surface area contributed by atoms with Crippen LogP contribution in [0.3, 0.4) is 0 Å². The highest BCUT2D eigenvalue weighted by Gasteiger charge is 2.36. The van der Waals surface area contributed by atoms with Crippen LogP contribution in [0, 0.1) is 6.92 Å². The fourth-order valence-electron chi connectivity index (χ4n) is 9.13. The minimum absolute atomic E-state index is 0.0779. The number of nitrogens with two attached hydrogens (primary N) is 1. The molecule has 2 heteroatoms. The number of hydrogen-bond donors (Lipinski definition) is 2. The molecule has 64 heavy (non-hydrogen) atoms. The maximum atomic E-state index is 5.81. The first-order chi connectivity index (χ1) is 31.3. The molecule has 10 aromatic rings. The summed E-state index contributed by atoms with van der Waals surface area (Å²) >= 11 is 0. The molecule has 1 aliphatic rings. The summed E-state index contributed by atoms with van der Waals surface area (Å²) in [5, 5.41) is 13.6. The Morgan fingerprint density at radius 2 is 0.891 bits per heavy atom. The number of fused-ring (bicyclic) bond motifs is 7. The lowest BCUT2D eigenvalue weighted by atomic mass is 9.79. The third-order valence-corrected chi connectivity index (χ3v) is 12.1. The van der Waals surface area contributed by atoms with Gasteiger partial charge in [0, 0.05) is 11.1 Å². The molecule has 0 unspecified atom stereocenters. The van der Waals surface area contributed by atoms with Crippen LogP contribution in [0.5, 0.6) is 0 Å². The first-order valence-electron chi connectivity index (χ1n) is 23.1. The van der Waals surface area contributed by atoms with Gasteiger partial charge in [0.1, 0.15) is 0 Å². The zero-order chi connectivity index (χ0) is 45.4. The maximum Gasteiger partial charge on any atom is 0.0617 e. The average Bonchev–Trinajstić information content (AvgIpc) is 3.57. The van der Waals surface area contributed by atoms with Crippen LogP contribution in [0.4, 0.5) is 17.1 Å². The number of para-hydroxylation sites is 3. The molecule has 1 aliphatic carbocycles. The van der Waals surface area contributed by atoms with E-state index >= 15 is 0 Å². The van der Waals surface area contributed by atoms with Crippen molar-refractivity contribution in [1.82, 2.24) is 0 Å². The molecule has 0 bridgehead atoms. The number of rotatable bonds is 4. The number of aryl methyl sites for hydroxylation is 1. The summed E-state index contributed by atoms with van der Waals surface area (Å²) in [4.78, 5) is 0. The van der Waals surface area contributed by atoms with Crippen LogP contribution < -0.4 is 11.1 Å². The van der Waals surface area contributed by atoms with Crippen molar-refractivity contribution in [3.05, 3.63) is 211 Å². The van der Waals surface area contributed by atoms with Gasteiger partial charge in [0.15, 0.2) is 0 Å². The van der Waals surface area contributed by atoms with Crippen molar-refractivity contribution in [2.75, 3.05) is 11.1 Å². The van der Waals surface area contributed by atoms with E-state index in [0.29, 0.717) is 0 Å². The SMILES string of the molecule is CC.CC.CC.Cc1ccc2c(-c3ccc4ccccc4c3)c3cc4c(cc3c(-c3ccc5ccccc5c3)c2c1)C(C)(C)c1ccccc1-4.Nc1ccccc1Nc1ccccc1. The summed E-state index contributed by atoms with van der Waals surface area (Å²) in [5.74, 6) is 0. The van der Waals surface area contributed by atoms with Crippen LogP contribution in [-0.2, 0) is 5.41 Å². The van der Waals surface area contributed by atoms with E-state index in [1.54, 1.807) is 0 Å². The quantitative estimate of drug-likeness (QED) is 0.137. The van der Waals surface area contributed by atoms with Gasteiger partial charge in [0.05, 0.1) is 11.4 Å². The van der Waals surface area contributed by atoms with E-state index in [1.807, 2.05) is 96.1 Å². The molecule has 0 amide bonds. The van der Waals surface area contributed by atoms with Crippen molar-refractivity contribution >= 4 is 60.2 Å². The Hall–Kier alpha value is -7.16. The molecular formula is C62H62N2. The topological polar surface area (TPSA) is 38.0 Å². The molecule has 2 nitrogen and oxygen atoms in total. The minimum atomic E-state index is -0.0779. The molecule has 0 aromatic heterocycles. The maximum absolute atomic E-state index is 5.81. The molecule has 3 N–H and O–H groups in total. The highest BCUT2D eigenvalue weighted by molar-refractivity contribution is 6.23. The number of benzene rings is 10. The van der Waals surface area contributed by atoms with Gasteiger partial charge in [0.2, 0.25) is 0 Å². The van der Waals surface area contributed by atoms with E-state index in [1.165, 1.54) is 93.2 Å². The average molecular weight is 835 g/mol. The van der Waals surface area contributed by atoms with Crippen molar-refractivity contribution in [2.45, 2.75) is 67.7 Å². The van der Waals surface area contributed by atoms with Crippen molar-refractivity contribution < 1.29 is 0 Å². The van der Waals surface area contributed by atoms with Crippen LogP contribution in [0.15, 0.2) is 194 Å². The number of anilines is 3. The zero-order valence-corrected chi connectivity index (χ0v) is 39.1. The molecule has 0 spiro atoms. The van der Waals surface area contributed by atoms with E-state index in [2.05, 4.69) is 166 Å². The summed E-state index contributed by atoms with van der Waals surface area (Å²) in [6, 6.07) is 70.1. The van der Waals surface area contributed by atoms with Gasteiger partial charge in [0.25, 0.3) is 0 Å². The molecule has 0 radical (unpaired) electrons. The van der Waals surface area contributed by atoms with Crippen molar-refractivity contribution in [2.24, 2.45) is 0 Å². The Kier molecular flexibility index (Phi) is 14.0. The first kappa shape index (κ1) is 44.9. The van der Waals surface area contributed by atoms with Crippen molar-refractivity contribution in [3.8, 4) is 33.4 Å². The van der Waals surface area contributed by atoms with Gasteiger partial charge >= 0.3 is 0 Å². The van der Waals surface area contributed by atoms with E-state index in [9.17, 15) is 0 Å². The van der Waals surface area contributed by atoms with Gasteiger partial charge in [-0.3, -0.25) is 0 Å². The van der Waals surface area contributed by atoms with Crippen LogP contribution in [0.25, 0.3) is 76.5 Å². The zero-order valence-electron chi connectivity index (χ0n) is 39.1. The van der Waals surface area contributed by atoms with E-state index in [0.717, 1.165) is 17.1 Å². The summed E-state index contributed by atoms with van der Waals surface area (Å²) in [6.07, 6.45) is 0. The van der Waals surface area contributed by atoms with Gasteiger partial charge in [-0.25, -0.2) is 0 Å². The first-order valence-corrected chi connectivity index (χ1v) is 23.1. The summed E-state index contributed by atoms with van der Waals surface area (Å²) < 4.78 is 0. The molecule has 320 valence electrons. The lowest BCUT2D eigenvalue weighted by Gasteiger charge is -2.24. The summed E-state index contributed by atoms with van der Waals surface area (Å²) in [5.41, 5.74) is 20.4.